The summed E-state index contributed by atoms with van der Waals surface area (Å²) in [5.74, 6) is -0.717. The fraction of sp³-hybridized carbons (Fsp3) is 0.231. The number of carbonyl (C=O) groups excluding carboxylic acids is 1. The Morgan fingerprint density at radius 3 is 2.94 bits per heavy atom. The molecule has 16 heavy (non-hydrogen) atoms. The summed E-state index contributed by atoms with van der Waals surface area (Å²) in [6.45, 7) is 2.13. The minimum Gasteiger partial charge on any atom is -0.465 e. The van der Waals surface area contributed by atoms with Gasteiger partial charge in [0.15, 0.2) is 0 Å². The van der Waals surface area contributed by atoms with E-state index in [1.54, 1.807) is 13.0 Å². The highest BCUT2D eigenvalue weighted by Crippen LogP contribution is 2.35. The summed E-state index contributed by atoms with van der Waals surface area (Å²) >= 11 is 0. The summed E-state index contributed by atoms with van der Waals surface area (Å²) in [5.41, 5.74) is 2.24. The van der Waals surface area contributed by atoms with Crippen molar-refractivity contribution in [3.63, 3.8) is 0 Å². The Morgan fingerprint density at radius 1 is 1.50 bits per heavy atom. The van der Waals surface area contributed by atoms with Gasteiger partial charge < -0.3 is 4.74 Å². The fourth-order valence-corrected chi connectivity index (χ4v) is 1.88. The lowest BCUT2D eigenvalue weighted by Gasteiger charge is -2.08. The van der Waals surface area contributed by atoms with Gasteiger partial charge in [0.25, 0.3) is 0 Å². The van der Waals surface area contributed by atoms with Gasteiger partial charge in [0.1, 0.15) is 5.92 Å². The Balaban J connectivity index is 2.41. The molecule has 1 aromatic carbocycles. The van der Waals surface area contributed by atoms with Gasteiger partial charge in [-0.3, -0.25) is 4.79 Å². The summed E-state index contributed by atoms with van der Waals surface area (Å²) in [6.07, 6.45) is 1.67. The Hall–Kier alpha value is -2.08. The van der Waals surface area contributed by atoms with E-state index in [-0.39, 0.29) is 5.97 Å². The number of hydrogen-bond donors (Lipinski definition) is 0. The molecule has 0 aromatic heterocycles. The molecule has 2 rings (SSSR count). The molecule has 0 spiro atoms. The average Bonchev–Trinajstić information content (AvgIpc) is 2.68. The van der Waals surface area contributed by atoms with Crippen molar-refractivity contribution in [1.82, 2.24) is 0 Å². The van der Waals surface area contributed by atoms with Crippen LogP contribution in [0.4, 0.5) is 0 Å². The second-order valence-electron chi connectivity index (χ2n) is 3.51. The third-order valence-corrected chi connectivity index (χ3v) is 2.58. The lowest BCUT2D eigenvalue weighted by atomic mass is 10.0. The van der Waals surface area contributed by atoms with Crippen molar-refractivity contribution in [1.29, 1.82) is 5.26 Å². The zero-order chi connectivity index (χ0) is 11.5. The summed E-state index contributed by atoms with van der Waals surface area (Å²) in [6, 6.07) is 9.53. The molecule has 0 saturated heterocycles. The molecular weight excluding hydrogens is 202 g/mol. The van der Waals surface area contributed by atoms with E-state index in [1.807, 2.05) is 24.3 Å². The number of allylic oxidation sites excluding steroid dienone is 1. The molecule has 1 aromatic rings. The van der Waals surface area contributed by atoms with E-state index in [2.05, 4.69) is 6.07 Å². The minimum atomic E-state index is -0.425. The molecule has 3 nitrogen and oxygen atoms in total. The molecule has 3 heteroatoms. The van der Waals surface area contributed by atoms with Crippen LogP contribution in [0.3, 0.4) is 0 Å². The number of fused-ring (bicyclic) bond motifs is 1. The minimum absolute atomic E-state index is 0.291. The maximum absolute atomic E-state index is 11.7. The van der Waals surface area contributed by atoms with Gasteiger partial charge in [0.05, 0.1) is 18.2 Å². The zero-order valence-electron chi connectivity index (χ0n) is 8.93. The van der Waals surface area contributed by atoms with E-state index in [1.165, 1.54) is 0 Å². The first-order chi connectivity index (χ1) is 7.77. The van der Waals surface area contributed by atoms with Crippen molar-refractivity contribution >= 4 is 11.5 Å². The molecule has 0 N–H and O–H groups in total. The third kappa shape index (κ3) is 1.59. The molecule has 0 heterocycles. The van der Waals surface area contributed by atoms with Crippen molar-refractivity contribution < 1.29 is 9.53 Å². The van der Waals surface area contributed by atoms with Crippen LogP contribution < -0.4 is 0 Å². The van der Waals surface area contributed by atoms with Crippen LogP contribution in [0.2, 0.25) is 0 Å². The molecule has 1 aliphatic rings. The van der Waals surface area contributed by atoms with Crippen molar-refractivity contribution in [3.05, 3.63) is 41.5 Å². The topological polar surface area (TPSA) is 50.1 Å². The van der Waals surface area contributed by atoms with Gasteiger partial charge in [0.2, 0.25) is 0 Å². The predicted molar refractivity (Wildman–Crippen MR) is 59.4 cm³/mol. The van der Waals surface area contributed by atoms with Crippen LogP contribution in [0.15, 0.2) is 30.3 Å². The van der Waals surface area contributed by atoms with Crippen LogP contribution in [0.25, 0.3) is 5.57 Å². The Labute approximate surface area is 94.0 Å². The molecule has 1 unspecified atom stereocenters. The number of rotatable bonds is 2. The molecule has 1 atom stereocenters. The van der Waals surface area contributed by atoms with Gasteiger partial charge in [-0.1, -0.05) is 24.3 Å². The van der Waals surface area contributed by atoms with Crippen molar-refractivity contribution in [3.8, 4) is 6.07 Å². The molecule has 0 fully saturated rings. The van der Waals surface area contributed by atoms with Crippen LogP contribution in [0, 0.1) is 11.3 Å². The van der Waals surface area contributed by atoms with E-state index in [9.17, 15) is 4.79 Å². The first-order valence-electron chi connectivity index (χ1n) is 5.15. The van der Waals surface area contributed by atoms with Gasteiger partial charge in [-0.15, -0.1) is 0 Å². The number of nitriles is 1. The van der Waals surface area contributed by atoms with Crippen LogP contribution in [0.1, 0.15) is 24.0 Å². The third-order valence-electron chi connectivity index (χ3n) is 2.58. The van der Waals surface area contributed by atoms with Crippen LogP contribution in [-0.2, 0) is 9.53 Å². The van der Waals surface area contributed by atoms with Gasteiger partial charge in [0, 0.05) is 0 Å². The summed E-state index contributed by atoms with van der Waals surface area (Å²) in [7, 11) is 0. The average molecular weight is 213 g/mol. The van der Waals surface area contributed by atoms with Crippen molar-refractivity contribution in [2.75, 3.05) is 6.61 Å². The van der Waals surface area contributed by atoms with Crippen LogP contribution >= 0.6 is 0 Å². The first-order valence-corrected chi connectivity index (χ1v) is 5.15. The van der Waals surface area contributed by atoms with Crippen LogP contribution in [-0.4, -0.2) is 12.6 Å². The molecule has 1 aliphatic carbocycles. The highest BCUT2D eigenvalue weighted by atomic mass is 16.5. The number of benzene rings is 1. The van der Waals surface area contributed by atoms with E-state index in [0.29, 0.717) is 12.2 Å². The second kappa shape index (κ2) is 4.19. The predicted octanol–water partition coefficient (Wildman–Crippen LogP) is 2.25. The summed E-state index contributed by atoms with van der Waals surface area (Å²) < 4.78 is 4.98. The maximum atomic E-state index is 11.7. The fourth-order valence-electron chi connectivity index (χ4n) is 1.88. The van der Waals surface area contributed by atoms with E-state index >= 15 is 0 Å². The van der Waals surface area contributed by atoms with E-state index in [4.69, 9.17) is 10.00 Å². The molecule has 0 aliphatic heterocycles. The Kier molecular flexibility index (Phi) is 2.74. The van der Waals surface area contributed by atoms with Crippen molar-refractivity contribution in [2.24, 2.45) is 0 Å². The number of nitrogens with zero attached hydrogens (tertiary/aromatic N) is 1. The number of carbonyl (C=O) groups is 1. The molecular formula is C13H11NO2. The van der Waals surface area contributed by atoms with Gasteiger partial charge in [-0.2, -0.15) is 5.26 Å². The zero-order valence-corrected chi connectivity index (χ0v) is 8.93. The van der Waals surface area contributed by atoms with Gasteiger partial charge >= 0.3 is 5.97 Å². The largest absolute Gasteiger partial charge is 0.465 e. The molecule has 0 radical (unpaired) electrons. The quantitative estimate of drug-likeness (QED) is 0.708. The summed E-state index contributed by atoms with van der Waals surface area (Å²) in [5, 5.41) is 8.97. The van der Waals surface area contributed by atoms with E-state index in [0.717, 1.165) is 11.1 Å². The van der Waals surface area contributed by atoms with Gasteiger partial charge in [-0.05, 0) is 24.1 Å². The van der Waals surface area contributed by atoms with Gasteiger partial charge in [-0.25, -0.2) is 0 Å². The highest BCUT2D eigenvalue weighted by Gasteiger charge is 2.29. The van der Waals surface area contributed by atoms with Crippen molar-refractivity contribution in [2.45, 2.75) is 12.8 Å². The lowest BCUT2D eigenvalue weighted by molar-refractivity contribution is -0.143. The maximum Gasteiger partial charge on any atom is 0.317 e. The Morgan fingerprint density at radius 2 is 2.25 bits per heavy atom. The first kappa shape index (κ1) is 10.4. The molecule has 80 valence electrons. The smallest absolute Gasteiger partial charge is 0.317 e. The van der Waals surface area contributed by atoms with E-state index < -0.39 is 5.92 Å². The number of esters is 1. The Bertz CT molecular complexity index is 497. The number of hydrogen-bond acceptors (Lipinski definition) is 3. The standard InChI is InChI=1S/C13H11NO2/c1-2-16-13(15)12-7-9(8-14)10-5-3-4-6-11(10)12/h3-7,12H,2H2,1H3. The highest BCUT2D eigenvalue weighted by molar-refractivity contribution is 5.93. The molecule has 0 bridgehead atoms. The summed E-state index contributed by atoms with van der Waals surface area (Å²) in [4.78, 5) is 11.7. The molecule has 0 saturated carbocycles. The lowest BCUT2D eigenvalue weighted by Crippen LogP contribution is -2.12. The van der Waals surface area contributed by atoms with Crippen LogP contribution in [0.5, 0.6) is 0 Å². The molecule has 0 amide bonds. The monoisotopic (exact) mass is 213 g/mol. The second-order valence-corrected chi connectivity index (χ2v) is 3.51. The SMILES string of the molecule is CCOC(=O)C1C=C(C#N)c2ccccc21. The normalized spacial score (nSPS) is 17.2. The number of ether oxygens (including phenoxy) is 1.